The average Bonchev–Trinajstić information content (AvgIpc) is 2.25. The van der Waals surface area contributed by atoms with Gasteiger partial charge in [0.2, 0.25) is 0 Å². The van der Waals surface area contributed by atoms with Crippen molar-refractivity contribution >= 4 is 22.5 Å². The highest BCUT2D eigenvalue weighted by Gasteiger charge is 2.18. The topological polar surface area (TPSA) is 104 Å². The third-order valence-corrected chi connectivity index (χ3v) is 3.40. The summed E-state index contributed by atoms with van der Waals surface area (Å²) in [5.41, 5.74) is 0. The SMILES string of the molecule is CCCC/[SH](=O)=N/CC(CCC(=O)O)C(=O)O. The predicted molar refractivity (Wildman–Crippen MR) is 64.6 cm³/mol. The quantitative estimate of drug-likeness (QED) is 0.540. The molecule has 0 aliphatic rings. The van der Waals surface area contributed by atoms with Gasteiger partial charge in [-0.2, -0.15) is 0 Å². The fraction of sp³-hybridized carbons (Fsp3) is 0.800. The van der Waals surface area contributed by atoms with Crippen molar-refractivity contribution in [2.45, 2.75) is 32.6 Å². The molecule has 0 heterocycles. The van der Waals surface area contributed by atoms with E-state index in [9.17, 15) is 13.8 Å². The maximum Gasteiger partial charge on any atom is 0.308 e. The lowest BCUT2D eigenvalue weighted by molar-refractivity contribution is -0.142. The fourth-order valence-corrected chi connectivity index (χ4v) is 2.25. The number of aliphatic carboxylic acids is 2. The van der Waals surface area contributed by atoms with Gasteiger partial charge in [-0.3, -0.25) is 13.8 Å². The summed E-state index contributed by atoms with van der Waals surface area (Å²) in [6.45, 7) is 1.90. The molecular formula is C10H19NO5S. The molecule has 0 aromatic rings. The van der Waals surface area contributed by atoms with E-state index in [0.29, 0.717) is 5.75 Å². The maximum absolute atomic E-state index is 11.3. The van der Waals surface area contributed by atoms with Crippen molar-refractivity contribution < 1.29 is 24.0 Å². The second-order valence-electron chi connectivity index (χ2n) is 3.72. The zero-order valence-electron chi connectivity index (χ0n) is 9.83. The summed E-state index contributed by atoms with van der Waals surface area (Å²) in [4.78, 5) is 21.1. The Morgan fingerprint density at radius 2 is 2.00 bits per heavy atom. The summed E-state index contributed by atoms with van der Waals surface area (Å²) in [5.74, 6) is -2.51. The van der Waals surface area contributed by atoms with Gasteiger partial charge in [0.1, 0.15) is 0 Å². The molecule has 100 valence electrons. The number of rotatable bonds is 9. The lowest BCUT2D eigenvalue weighted by atomic mass is 10.0. The van der Waals surface area contributed by atoms with E-state index < -0.39 is 28.5 Å². The van der Waals surface area contributed by atoms with Crippen LogP contribution in [-0.4, -0.2) is 38.7 Å². The summed E-state index contributed by atoms with van der Waals surface area (Å²) >= 11 is 0. The van der Waals surface area contributed by atoms with Gasteiger partial charge in [-0.05, 0) is 12.8 Å². The van der Waals surface area contributed by atoms with Crippen LogP contribution in [0, 0.1) is 5.92 Å². The van der Waals surface area contributed by atoms with Crippen LogP contribution >= 0.6 is 0 Å². The first kappa shape index (κ1) is 15.9. The smallest absolute Gasteiger partial charge is 0.308 e. The summed E-state index contributed by atoms with van der Waals surface area (Å²) in [6.07, 6.45) is 1.52. The normalized spacial score (nSPS) is 14.4. The van der Waals surface area contributed by atoms with Gasteiger partial charge in [-0.15, -0.1) is 0 Å². The zero-order chi connectivity index (χ0) is 13.3. The largest absolute Gasteiger partial charge is 0.481 e. The molecule has 0 bridgehead atoms. The van der Waals surface area contributed by atoms with Crippen molar-refractivity contribution in [1.82, 2.24) is 0 Å². The third kappa shape index (κ3) is 8.67. The molecule has 0 amide bonds. The van der Waals surface area contributed by atoms with Crippen molar-refractivity contribution in [3.8, 4) is 0 Å². The molecule has 0 saturated heterocycles. The van der Waals surface area contributed by atoms with Crippen LogP contribution in [0.5, 0.6) is 0 Å². The van der Waals surface area contributed by atoms with E-state index in [1.165, 1.54) is 0 Å². The molecule has 2 unspecified atom stereocenters. The van der Waals surface area contributed by atoms with Crippen LogP contribution in [0.15, 0.2) is 4.36 Å². The maximum atomic E-state index is 11.3. The van der Waals surface area contributed by atoms with Crippen LogP contribution in [0.2, 0.25) is 0 Å². The second kappa shape index (κ2) is 8.98. The van der Waals surface area contributed by atoms with Crippen LogP contribution in [0.4, 0.5) is 0 Å². The fourth-order valence-electron chi connectivity index (χ4n) is 1.14. The summed E-state index contributed by atoms with van der Waals surface area (Å²) in [6, 6.07) is 0. The summed E-state index contributed by atoms with van der Waals surface area (Å²) < 4.78 is 15.1. The first-order valence-electron chi connectivity index (χ1n) is 5.54. The molecule has 0 spiro atoms. The third-order valence-electron chi connectivity index (χ3n) is 2.22. The molecule has 17 heavy (non-hydrogen) atoms. The lowest BCUT2D eigenvalue weighted by Crippen LogP contribution is -2.18. The Balaban J connectivity index is 4.21. The number of carboxylic acids is 2. The van der Waals surface area contributed by atoms with Crippen molar-refractivity contribution in [1.29, 1.82) is 0 Å². The first-order valence-corrected chi connectivity index (χ1v) is 6.93. The van der Waals surface area contributed by atoms with Gasteiger partial charge >= 0.3 is 11.9 Å². The van der Waals surface area contributed by atoms with Gasteiger partial charge in [0.25, 0.3) is 0 Å². The molecule has 0 saturated carbocycles. The van der Waals surface area contributed by atoms with Gasteiger partial charge in [-0.25, -0.2) is 4.36 Å². The predicted octanol–water partition coefficient (Wildman–Crippen LogP) is 1.02. The molecule has 0 aliphatic heterocycles. The molecule has 7 heteroatoms. The number of hydrogen-bond donors (Lipinski definition) is 3. The van der Waals surface area contributed by atoms with Crippen molar-refractivity contribution in [2.24, 2.45) is 10.3 Å². The van der Waals surface area contributed by atoms with Crippen LogP contribution < -0.4 is 0 Å². The van der Waals surface area contributed by atoms with Gasteiger partial charge in [-0.1, -0.05) is 13.3 Å². The minimum Gasteiger partial charge on any atom is -0.481 e. The minimum atomic E-state index is -1.71. The highest BCUT2D eigenvalue weighted by Crippen LogP contribution is 2.08. The first-order chi connectivity index (χ1) is 7.97. The van der Waals surface area contributed by atoms with E-state index in [1.807, 2.05) is 6.92 Å². The number of thiol groups is 1. The van der Waals surface area contributed by atoms with E-state index in [-0.39, 0.29) is 19.4 Å². The molecule has 0 aromatic carbocycles. The molecule has 2 atom stereocenters. The van der Waals surface area contributed by atoms with E-state index >= 15 is 0 Å². The molecular weight excluding hydrogens is 246 g/mol. The molecule has 0 aromatic heterocycles. The summed E-state index contributed by atoms with van der Waals surface area (Å²) in [7, 11) is -1.71. The van der Waals surface area contributed by atoms with Crippen LogP contribution in [0.1, 0.15) is 32.6 Å². The number of hydrogen-bond acceptors (Lipinski definition) is 4. The second-order valence-corrected chi connectivity index (χ2v) is 5.16. The minimum absolute atomic E-state index is 0.0190. The van der Waals surface area contributed by atoms with Gasteiger partial charge in [0.05, 0.1) is 12.5 Å². The zero-order valence-corrected chi connectivity index (χ0v) is 10.7. The standard InChI is InChI=1S/C10H19NO5S/c1-2-3-6-17(16)11-7-8(10(14)15)4-5-9(12)13/h8,17H,2-7H2,1H3,(H,12,13)(H,14,15). The highest BCUT2D eigenvalue weighted by molar-refractivity contribution is 7.74. The number of unbranched alkanes of at least 4 members (excludes halogenated alkanes) is 1. The molecule has 0 radical (unpaired) electrons. The Morgan fingerprint density at radius 3 is 2.47 bits per heavy atom. The number of carbonyl (C=O) groups is 2. The Hall–Kier alpha value is -1.11. The Morgan fingerprint density at radius 1 is 1.35 bits per heavy atom. The molecule has 0 aliphatic carbocycles. The monoisotopic (exact) mass is 265 g/mol. The van der Waals surface area contributed by atoms with E-state index in [1.54, 1.807) is 0 Å². The lowest BCUT2D eigenvalue weighted by Gasteiger charge is -2.07. The van der Waals surface area contributed by atoms with Crippen molar-refractivity contribution in [3.63, 3.8) is 0 Å². The van der Waals surface area contributed by atoms with E-state index in [0.717, 1.165) is 12.8 Å². The Labute approximate surface area is 102 Å². The van der Waals surface area contributed by atoms with E-state index in [4.69, 9.17) is 10.2 Å². The van der Waals surface area contributed by atoms with Gasteiger partial charge in [0.15, 0.2) is 0 Å². The Kier molecular flexibility index (Phi) is 8.39. The Bertz CT molecular complexity index is 336. The average molecular weight is 265 g/mol. The number of nitrogens with zero attached hydrogens (tertiary/aromatic N) is 1. The van der Waals surface area contributed by atoms with Crippen molar-refractivity contribution in [3.05, 3.63) is 0 Å². The molecule has 2 N–H and O–H groups in total. The van der Waals surface area contributed by atoms with Crippen LogP contribution in [0.25, 0.3) is 0 Å². The van der Waals surface area contributed by atoms with Crippen LogP contribution in [-0.2, 0) is 20.2 Å². The van der Waals surface area contributed by atoms with Gasteiger partial charge in [0, 0.05) is 22.8 Å². The highest BCUT2D eigenvalue weighted by atomic mass is 32.2. The van der Waals surface area contributed by atoms with Crippen LogP contribution in [0.3, 0.4) is 0 Å². The molecule has 6 nitrogen and oxygen atoms in total. The molecule has 0 rings (SSSR count). The van der Waals surface area contributed by atoms with Gasteiger partial charge < -0.3 is 10.2 Å². The molecule has 0 fully saturated rings. The van der Waals surface area contributed by atoms with Crippen molar-refractivity contribution in [2.75, 3.05) is 12.3 Å². The summed E-state index contributed by atoms with van der Waals surface area (Å²) in [5, 5.41) is 17.3. The number of carboxylic acid groups (broad SMARTS) is 2. The van der Waals surface area contributed by atoms with E-state index in [2.05, 4.69) is 4.36 Å².